The maximum Gasteiger partial charge on any atom is 0.302 e. The van der Waals surface area contributed by atoms with E-state index in [1.165, 1.54) is 32.2 Å². The number of hydrazine groups is 1. The maximum absolute atomic E-state index is 12.6. The summed E-state index contributed by atoms with van der Waals surface area (Å²) in [5.41, 5.74) is 3.44. The second-order valence-electron chi connectivity index (χ2n) is 6.16. The van der Waals surface area contributed by atoms with Crippen LogP contribution in [0.15, 0.2) is 51.8 Å². The standard InChI is InChI=1S/C19H19N3O6S/c1-11-14-6-4-5-7-16(14)28-18(11)19(24)21-22-29(25,26)13-8-9-17(27-3)15(10-13)20-12(2)23/h4-10,22H,1-3H3,(H,20,23)(H,21,24). The van der Waals surface area contributed by atoms with E-state index in [9.17, 15) is 18.0 Å². The number of sulfonamides is 1. The fraction of sp³-hybridized carbons (Fsp3) is 0.158. The van der Waals surface area contributed by atoms with Gasteiger partial charge in [0.15, 0.2) is 5.76 Å². The Labute approximate surface area is 167 Å². The summed E-state index contributed by atoms with van der Waals surface area (Å²) in [6.45, 7) is 2.99. The van der Waals surface area contributed by atoms with Crippen LogP contribution in [0.4, 0.5) is 5.69 Å². The van der Waals surface area contributed by atoms with Gasteiger partial charge in [-0.1, -0.05) is 18.2 Å². The summed E-state index contributed by atoms with van der Waals surface area (Å²) in [7, 11) is -2.73. The first-order chi connectivity index (χ1) is 13.7. The van der Waals surface area contributed by atoms with Crippen molar-refractivity contribution in [2.45, 2.75) is 18.7 Å². The second-order valence-corrected chi connectivity index (χ2v) is 7.84. The lowest BCUT2D eigenvalue weighted by Crippen LogP contribution is -2.41. The van der Waals surface area contributed by atoms with Gasteiger partial charge in [0.1, 0.15) is 11.3 Å². The van der Waals surface area contributed by atoms with Gasteiger partial charge in [0.25, 0.3) is 10.0 Å². The fourth-order valence-corrected chi connectivity index (χ4v) is 3.63. The van der Waals surface area contributed by atoms with Crippen LogP contribution < -0.4 is 20.3 Å². The van der Waals surface area contributed by atoms with E-state index in [1.54, 1.807) is 25.1 Å². The lowest BCUT2D eigenvalue weighted by atomic mass is 10.1. The van der Waals surface area contributed by atoms with Gasteiger partial charge < -0.3 is 14.5 Å². The number of para-hydroxylation sites is 1. The van der Waals surface area contributed by atoms with Crippen LogP contribution in [0.25, 0.3) is 11.0 Å². The predicted octanol–water partition coefficient (Wildman–Crippen LogP) is 2.33. The Kier molecular flexibility index (Phi) is 5.57. The number of hydrogen-bond donors (Lipinski definition) is 3. The highest BCUT2D eigenvalue weighted by Gasteiger charge is 2.21. The Balaban J connectivity index is 1.81. The van der Waals surface area contributed by atoms with Gasteiger partial charge in [-0.05, 0) is 31.2 Å². The Morgan fingerprint density at radius 3 is 2.48 bits per heavy atom. The summed E-state index contributed by atoms with van der Waals surface area (Å²) < 4.78 is 35.7. The van der Waals surface area contributed by atoms with Gasteiger partial charge in [0, 0.05) is 17.9 Å². The maximum atomic E-state index is 12.6. The van der Waals surface area contributed by atoms with Crippen molar-refractivity contribution >= 4 is 38.5 Å². The summed E-state index contributed by atoms with van der Waals surface area (Å²) in [5.74, 6) is -0.832. The number of benzene rings is 2. The van der Waals surface area contributed by atoms with Crippen LogP contribution >= 0.6 is 0 Å². The highest BCUT2D eigenvalue weighted by atomic mass is 32.2. The van der Waals surface area contributed by atoms with Crippen molar-refractivity contribution in [3.63, 3.8) is 0 Å². The van der Waals surface area contributed by atoms with Crippen LogP contribution in [0.1, 0.15) is 23.0 Å². The van der Waals surface area contributed by atoms with E-state index in [-0.39, 0.29) is 22.3 Å². The molecule has 1 aromatic heterocycles. The highest BCUT2D eigenvalue weighted by Crippen LogP contribution is 2.27. The molecule has 9 nitrogen and oxygen atoms in total. The first-order valence-electron chi connectivity index (χ1n) is 8.49. The molecule has 29 heavy (non-hydrogen) atoms. The molecule has 152 valence electrons. The van der Waals surface area contributed by atoms with E-state index in [1.807, 2.05) is 10.9 Å². The first-order valence-corrected chi connectivity index (χ1v) is 9.97. The predicted molar refractivity (Wildman–Crippen MR) is 106 cm³/mol. The molecule has 0 bridgehead atoms. The molecule has 0 fully saturated rings. The fourth-order valence-electron chi connectivity index (χ4n) is 2.76. The quantitative estimate of drug-likeness (QED) is 0.529. The lowest BCUT2D eigenvalue weighted by molar-refractivity contribution is -0.114. The molecule has 0 aliphatic heterocycles. The molecule has 2 amide bonds. The average molecular weight is 417 g/mol. The van der Waals surface area contributed by atoms with E-state index < -0.39 is 15.9 Å². The zero-order valence-corrected chi connectivity index (χ0v) is 16.7. The van der Waals surface area contributed by atoms with Crippen molar-refractivity contribution in [3.8, 4) is 5.75 Å². The number of carbonyl (C=O) groups excluding carboxylic acids is 2. The molecule has 0 atom stereocenters. The zero-order chi connectivity index (χ0) is 21.2. The van der Waals surface area contributed by atoms with E-state index >= 15 is 0 Å². The number of aryl methyl sites for hydroxylation is 1. The summed E-state index contributed by atoms with van der Waals surface area (Å²) in [4.78, 5) is 25.6. The van der Waals surface area contributed by atoms with Crippen molar-refractivity contribution in [2.75, 3.05) is 12.4 Å². The lowest BCUT2D eigenvalue weighted by Gasteiger charge is -2.12. The van der Waals surface area contributed by atoms with Crippen LogP contribution in [0.5, 0.6) is 5.75 Å². The first kappa shape index (κ1) is 20.4. The summed E-state index contributed by atoms with van der Waals surface area (Å²) in [6, 6.07) is 11.0. The van der Waals surface area contributed by atoms with Crippen molar-refractivity contribution < 1.29 is 27.2 Å². The van der Waals surface area contributed by atoms with Crippen LogP contribution in [-0.2, 0) is 14.8 Å². The monoisotopic (exact) mass is 417 g/mol. The third-order valence-electron chi connectivity index (χ3n) is 4.14. The molecule has 0 aliphatic carbocycles. The van der Waals surface area contributed by atoms with E-state index in [0.717, 1.165) is 5.39 Å². The van der Waals surface area contributed by atoms with E-state index in [4.69, 9.17) is 9.15 Å². The summed E-state index contributed by atoms with van der Waals surface area (Å²) >= 11 is 0. The number of fused-ring (bicyclic) bond motifs is 1. The number of carbonyl (C=O) groups is 2. The molecule has 0 radical (unpaired) electrons. The largest absolute Gasteiger partial charge is 0.495 e. The molecule has 0 unspecified atom stereocenters. The molecule has 0 saturated heterocycles. The molecule has 3 N–H and O–H groups in total. The second kappa shape index (κ2) is 7.94. The Morgan fingerprint density at radius 1 is 1.10 bits per heavy atom. The Morgan fingerprint density at radius 2 is 1.83 bits per heavy atom. The highest BCUT2D eigenvalue weighted by molar-refractivity contribution is 7.89. The SMILES string of the molecule is COc1ccc(S(=O)(=O)NNC(=O)c2oc3ccccc3c2C)cc1NC(C)=O. The Hall–Kier alpha value is -3.37. The van der Waals surface area contributed by atoms with Crippen LogP contribution in [0.3, 0.4) is 0 Å². The number of hydrogen-bond acceptors (Lipinski definition) is 6. The minimum Gasteiger partial charge on any atom is -0.495 e. The number of methoxy groups -OCH3 is 1. The molecular weight excluding hydrogens is 398 g/mol. The summed E-state index contributed by atoms with van der Waals surface area (Å²) in [6.07, 6.45) is 0. The van der Waals surface area contributed by atoms with Gasteiger partial charge in [-0.15, -0.1) is 4.83 Å². The smallest absolute Gasteiger partial charge is 0.302 e. The molecule has 3 rings (SSSR count). The van der Waals surface area contributed by atoms with Crippen LogP contribution in [0.2, 0.25) is 0 Å². The van der Waals surface area contributed by atoms with Crippen molar-refractivity contribution in [1.29, 1.82) is 0 Å². The topological polar surface area (TPSA) is 127 Å². The van der Waals surface area contributed by atoms with Crippen molar-refractivity contribution in [3.05, 3.63) is 53.8 Å². The van der Waals surface area contributed by atoms with Gasteiger partial charge in [-0.3, -0.25) is 15.0 Å². The van der Waals surface area contributed by atoms with Gasteiger partial charge in [0.2, 0.25) is 5.91 Å². The van der Waals surface area contributed by atoms with Gasteiger partial charge >= 0.3 is 5.91 Å². The van der Waals surface area contributed by atoms with Gasteiger partial charge in [-0.25, -0.2) is 8.42 Å². The number of anilines is 1. The van der Waals surface area contributed by atoms with E-state index in [2.05, 4.69) is 10.7 Å². The third-order valence-corrected chi connectivity index (χ3v) is 5.39. The number of ether oxygens (including phenoxy) is 1. The summed E-state index contributed by atoms with van der Waals surface area (Å²) in [5, 5.41) is 3.25. The minimum atomic E-state index is -4.12. The number of furan rings is 1. The van der Waals surface area contributed by atoms with Gasteiger partial charge in [0.05, 0.1) is 17.7 Å². The van der Waals surface area contributed by atoms with Crippen molar-refractivity contribution in [2.24, 2.45) is 0 Å². The van der Waals surface area contributed by atoms with Crippen LogP contribution in [0, 0.1) is 6.92 Å². The molecule has 1 heterocycles. The number of nitrogens with one attached hydrogen (secondary N) is 3. The molecule has 2 aromatic carbocycles. The zero-order valence-electron chi connectivity index (χ0n) is 15.9. The average Bonchev–Trinajstić information content (AvgIpc) is 3.03. The number of amides is 2. The molecule has 0 aliphatic rings. The third kappa shape index (κ3) is 4.23. The minimum absolute atomic E-state index is 0.00238. The molecule has 3 aromatic rings. The molecular formula is C19H19N3O6S. The molecule has 10 heteroatoms. The Bertz CT molecular complexity index is 1200. The van der Waals surface area contributed by atoms with Gasteiger partial charge in [-0.2, -0.15) is 0 Å². The number of rotatable bonds is 6. The molecule has 0 saturated carbocycles. The van der Waals surface area contributed by atoms with Crippen LogP contribution in [-0.4, -0.2) is 27.3 Å². The normalized spacial score (nSPS) is 11.3. The van der Waals surface area contributed by atoms with Crippen molar-refractivity contribution in [1.82, 2.24) is 10.3 Å². The van der Waals surface area contributed by atoms with E-state index in [0.29, 0.717) is 16.9 Å². The molecule has 0 spiro atoms.